The number of hydrogen-bond acceptors (Lipinski definition) is 5. The molecule has 124 valence electrons. The highest BCUT2D eigenvalue weighted by molar-refractivity contribution is 6.06. The predicted molar refractivity (Wildman–Crippen MR) is 94.5 cm³/mol. The Bertz CT molecular complexity index is 893. The van der Waals surface area contributed by atoms with Gasteiger partial charge in [-0.2, -0.15) is 0 Å². The van der Waals surface area contributed by atoms with Gasteiger partial charge < -0.3 is 15.0 Å². The number of ether oxygens (including phenoxy) is 1. The summed E-state index contributed by atoms with van der Waals surface area (Å²) < 4.78 is 5.22. The van der Waals surface area contributed by atoms with Crippen LogP contribution in [0.3, 0.4) is 0 Å². The Morgan fingerprint density at radius 2 is 1.96 bits per heavy atom. The van der Waals surface area contributed by atoms with E-state index in [-0.39, 0.29) is 5.91 Å². The quantitative estimate of drug-likeness (QED) is 0.728. The van der Waals surface area contributed by atoms with Crippen LogP contribution in [-0.2, 0) is 0 Å². The molecule has 24 heavy (non-hydrogen) atoms. The number of methoxy groups -OCH3 is 1. The van der Waals surface area contributed by atoms with E-state index in [1.807, 2.05) is 49.3 Å². The van der Waals surface area contributed by atoms with Crippen LogP contribution in [-0.4, -0.2) is 55.1 Å². The van der Waals surface area contributed by atoms with Gasteiger partial charge in [0.15, 0.2) is 0 Å². The van der Waals surface area contributed by atoms with Crippen LogP contribution in [0.1, 0.15) is 10.4 Å². The molecule has 0 unspecified atom stereocenters. The normalized spacial score (nSPS) is 11.2. The molecule has 1 amide bonds. The predicted octanol–water partition coefficient (Wildman–Crippen LogP) is 2.08. The number of para-hydroxylation sites is 1. The Morgan fingerprint density at radius 1 is 1.12 bits per heavy atom. The summed E-state index contributed by atoms with van der Waals surface area (Å²) in [5, 5.41) is 2.92. The van der Waals surface area contributed by atoms with Crippen LogP contribution in [0.25, 0.3) is 22.1 Å². The molecule has 1 heterocycles. The second kappa shape index (κ2) is 6.80. The monoisotopic (exact) mass is 324 g/mol. The summed E-state index contributed by atoms with van der Waals surface area (Å²) in [6, 6.07) is 11.0. The largest absolute Gasteiger partial charge is 0.497 e. The van der Waals surface area contributed by atoms with Crippen molar-refractivity contribution in [1.82, 2.24) is 20.2 Å². The van der Waals surface area contributed by atoms with Crippen LogP contribution in [0.4, 0.5) is 0 Å². The highest BCUT2D eigenvalue weighted by Gasteiger charge is 2.13. The van der Waals surface area contributed by atoms with E-state index in [1.165, 1.54) is 0 Å². The molecule has 3 aromatic rings. The van der Waals surface area contributed by atoms with Gasteiger partial charge in [-0.05, 0) is 38.4 Å². The molecule has 2 aromatic carbocycles. The fourth-order valence-electron chi connectivity index (χ4n) is 2.48. The Kier molecular flexibility index (Phi) is 4.57. The van der Waals surface area contributed by atoms with E-state index < -0.39 is 0 Å². The Morgan fingerprint density at radius 3 is 2.71 bits per heavy atom. The van der Waals surface area contributed by atoms with Crippen LogP contribution < -0.4 is 10.1 Å². The van der Waals surface area contributed by atoms with Crippen molar-refractivity contribution >= 4 is 28.0 Å². The van der Waals surface area contributed by atoms with E-state index in [9.17, 15) is 4.79 Å². The molecule has 0 bridgehead atoms. The van der Waals surface area contributed by atoms with Gasteiger partial charge in [0, 0.05) is 19.2 Å². The fraction of sp³-hybridized carbons (Fsp3) is 0.278. The van der Waals surface area contributed by atoms with Gasteiger partial charge >= 0.3 is 0 Å². The standard InChI is InChI=1S/C18H20N4O2/c1-22(2)10-9-19-18(23)13-5-4-6-15-17(13)21-14-8-7-12(24-3)11-16(14)20-15/h4-8,11H,9-10H2,1-3H3,(H,19,23). The number of fused-ring (bicyclic) bond motifs is 2. The lowest BCUT2D eigenvalue weighted by molar-refractivity contribution is 0.0952. The van der Waals surface area contributed by atoms with Gasteiger partial charge in [-0.15, -0.1) is 0 Å². The number of amides is 1. The van der Waals surface area contributed by atoms with Crippen molar-refractivity contribution < 1.29 is 9.53 Å². The van der Waals surface area contributed by atoms with Crippen molar-refractivity contribution in [2.75, 3.05) is 34.3 Å². The molecule has 0 aliphatic heterocycles. The lowest BCUT2D eigenvalue weighted by atomic mass is 10.1. The Labute approximate surface area is 140 Å². The summed E-state index contributed by atoms with van der Waals surface area (Å²) in [6.07, 6.45) is 0. The maximum absolute atomic E-state index is 12.5. The van der Waals surface area contributed by atoms with E-state index in [1.54, 1.807) is 13.2 Å². The van der Waals surface area contributed by atoms with Gasteiger partial charge in [0.2, 0.25) is 0 Å². The van der Waals surface area contributed by atoms with E-state index >= 15 is 0 Å². The van der Waals surface area contributed by atoms with Crippen LogP contribution >= 0.6 is 0 Å². The fourth-order valence-corrected chi connectivity index (χ4v) is 2.48. The Balaban J connectivity index is 1.99. The summed E-state index contributed by atoms with van der Waals surface area (Å²) in [6.45, 7) is 1.37. The summed E-state index contributed by atoms with van der Waals surface area (Å²) in [4.78, 5) is 23.7. The first-order valence-electron chi connectivity index (χ1n) is 7.76. The maximum Gasteiger partial charge on any atom is 0.253 e. The molecule has 0 saturated heterocycles. The third kappa shape index (κ3) is 3.28. The van der Waals surface area contributed by atoms with Crippen LogP contribution in [0.2, 0.25) is 0 Å². The van der Waals surface area contributed by atoms with Gasteiger partial charge in [-0.25, -0.2) is 9.97 Å². The first kappa shape index (κ1) is 16.1. The number of nitrogens with zero attached hydrogens (tertiary/aromatic N) is 3. The second-order valence-electron chi connectivity index (χ2n) is 5.81. The molecular weight excluding hydrogens is 304 g/mol. The molecule has 6 nitrogen and oxygen atoms in total. The van der Waals surface area contributed by atoms with Gasteiger partial charge in [-0.1, -0.05) is 6.07 Å². The second-order valence-corrected chi connectivity index (χ2v) is 5.81. The summed E-state index contributed by atoms with van der Waals surface area (Å²) in [7, 11) is 5.55. The lowest BCUT2D eigenvalue weighted by Crippen LogP contribution is -2.31. The molecule has 6 heteroatoms. The first-order valence-corrected chi connectivity index (χ1v) is 7.76. The van der Waals surface area contributed by atoms with Crippen molar-refractivity contribution in [3.63, 3.8) is 0 Å². The zero-order valence-electron chi connectivity index (χ0n) is 14.0. The van der Waals surface area contributed by atoms with Crippen molar-refractivity contribution in [1.29, 1.82) is 0 Å². The molecular formula is C18H20N4O2. The average Bonchev–Trinajstić information content (AvgIpc) is 2.58. The summed E-state index contributed by atoms with van der Waals surface area (Å²) in [5.74, 6) is 0.596. The molecule has 1 aromatic heterocycles. The topological polar surface area (TPSA) is 67.3 Å². The number of hydrogen-bond donors (Lipinski definition) is 1. The molecule has 0 atom stereocenters. The van der Waals surface area contributed by atoms with E-state index in [0.29, 0.717) is 23.1 Å². The number of aromatic nitrogens is 2. The average molecular weight is 324 g/mol. The zero-order valence-corrected chi connectivity index (χ0v) is 14.0. The van der Waals surface area contributed by atoms with Crippen molar-refractivity contribution in [3.8, 4) is 5.75 Å². The minimum Gasteiger partial charge on any atom is -0.497 e. The van der Waals surface area contributed by atoms with Crippen LogP contribution in [0.5, 0.6) is 5.75 Å². The molecule has 0 aliphatic carbocycles. The van der Waals surface area contributed by atoms with E-state index in [2.05, 4.69) is 15.3 Å². The van der Waals surface area contributed by atoms with Gasteiger partial charge in [-0.3, -0.25) is 4.79 Å². The van der Waals surface area contributed by atoms with E-state index in [0.717, 1.165) is 23.3 Å². The number of carbonyl (C=O) groups is 1. The highest BCUT2D eigenvalue weighted by Crippen LogP contribution is 2.22. The lowest BCUT2D eigenvalue weighted by Gasteiger charge is -2.11. The minimum atomic E-state index is -0.135. The van der Waals surface area contributed by atoms with Crippen LogP contribution in [0.15, 0.2) is 36.4 Å². The van der Waals surface area contributed by atoms with Gasteiger partial charge in [0.1, 0.15) is 11.3 Å². The summed E-state index contributed by atoms with van der Waals surface area (Å²) >= 11 is 0. The number of benzene rings is 2. The molecule has 0 spiro atoms. The van der Waals surface area contributed by atoms with Crippen molar-refractivity contribution in [2.45, 2.75) is 0 Å². The molecule has 0 saturated carbocycles. The van der Waals surface area contributed by atoms with Crippen LogP contribution in [0, 0.1) is 0 Å². The summed E-state index contributed by atoms with van der Waals surface area (Å²) in [5.41, 5.74) is 3.31. The van der Waals surface area contributed by atoms with Crippen molar-refractivity contribution in [2.24, 2.45) is 0 Å². The maximum atomic E-state index is 12.5. The Hall–Kier alpha value is -2.73. The number of carbonyl (C=O) groups excluding carboxylic acids is 1. The molecule has 0 aliphatic rings. The molecule has 0 radical (unpaired) electrons. The minimum absolute atomic E-state index is 0.135. The SMILES string of the molecule is COc1ccc2nc3c(C(=O)NCCN(C)C)cccc3nc2c1. The smallest absolute Gasteiger partial charge is 0.253 e. The highest BCUT2D eigenvalue weighted by atomic mass is 16.5. The number of likely N-dealkylation sites (N-methyl/N-ethyl adjacent to an activating group) is 1. The first-order chi connectivity index (χ1) is 11.6. The number of nitrogens with one attached hydrogen (secondary N) is 1. The zero-order chi connectivity index (χ0) is 17.1. The molecule has 1 N–H and O–H groups in total. The molecule has 0 fully saturated rings. The van der Waals surface area contributed by atoms with E-state index in [4.69, 9.17) is 4.74 Å². The molecule has 3 rings (SSSR count). The third-order valence-corrected chi connectivity index (χ3v) is 3.76. The van der Waals surface area contributed by atoms with Gasteiger partial charge in [0.25, 0.3) is 5.91 Å². The van der Waals surface area contributed by atoms with Gasteiger partial charge in [0.05, 0.1) is 29.2 Å². The number of rotatable bonds is 5. The van der Waals surface area contributed by atoms with Crippen molar-refractivity contribution in [3.05, 3.63) is 42.0 Å². The third-order valence-electron chi connectivity index (χ3n) is 3.76.